The number of aromatic nitrogens is 4. The van der Waals surface area contributed by atoms with E-state index in [0.29, 0.717) is 5.95 Å². The first-order valence-corrected chi connectivity index (χ1v) is 17.3. The molecule has 0 fully saturated rings. The Morgan fingerprint density at radius 3 is 2.08 bits per heavy atom. The lowest BCUT2D eigenvalue weighted by Gasteiger charge is -2.13. The van der Waals surface area contributed by atoms with Gasteiger partial charge in [-0.1, -0.05) is 103 Å². The molecule has 0 saturated carbocycles. The van der Waals surface area contributed by atoms with Crippen LogP contribution in [0.25, 0.3) is 103 Å². The number of hydrogen-bond donors (Lipinski definition) is 1. The Kier molecular flexibility index (Phi) is 5.51. The van der Waals surface area contributed by atoms with Gasteiger partial charge in [-0.2, -0.15) is 0 Å². The van der Waals surface area contributed by atoms with E-state index in [9.17, 15) is 0 Å². The fourth-order valence-corrected chi connectivity index (χ4v) is 8.84. The molecule has 5 heteroatoms. The van der Waals surface area contributed by atoms with Crippen molar-refractivity contribution in [1.29, 1.82) is 0 Å². The van der Waals surface area contributed by atoms with Crippen molar-refractivity contribution < 1.29 is 0 Å². The van der Waals surface area contributed by atoms with E-state index in [1.54, 1.807) is 0 Å². The van der Waals surface area contributed by atoms with E-state index in [1.807, 2.05) is 11.3 Å². The zero-order chi connectivity index (χ0) is 32.1. The highest BCUT2D eigenvalue weighted by Crippen LogP contribution is 2.42. The zero-order valence-electron chi connectivity index (χ0n) is 26.2. The van der Waals surface area contributed by atoms with Crippen molar-refractivity contribution in [3.05, 3.63) is 152 Å². The fraction of sp³-hybridized carbons (Fsp3) is 0. The zero-order valence-corrected chi connectivity index (χ0v) is 27.0. The molecule has 0 unspecified atom stereocenters. The third-order valence-electron chi connectivity index (χ3n) is 9.95. The van der Waals surface area contributed by atoms with E-state index in [2.05, 4.69) is 161 Å². The molecule has 0 aliphatic carbocycles. The van der Waals surface area contributed by atoms with Crippen LogP contribution in [0, 0.1) is 0 Å². The number of aromatic amines is 1. The minimum atomic E-state index is 0.667. The van der Waals surface area contributed by atoms with E-state index in [-0.39, 0.29) is 0 Å². The van der Waals surface area contributed by atoms with Gasteiger partial charge in [0.1, 0.15) is 0 Å². The molecule has 4 nitrogen and oxygen atoms in total. The average molecular weight is 643 g/mol. The first kappa shape index (κ1) is 26.7. The molecule has 4 aromatic heterocycles. The van der Waals surface area contributed by atoms with E-state index < -0.39 is 0 Å². The molecule has 4 heterocycles. The second-order valence-electron chi connectivity index (χ2n) is 12.7. The number of H-pyrrole nitrogens is 1. The molecule has 0 aliphatic heterocycles. The number of nitrogens with zero attached hydrogens (tertiary/aromatic N) is 3. The Morgan fingerprint density at radius 2 is 1.16 bits per heavy atom. The van der Waals surface area contributed by atoms with Crippen molar-refractivity contribution in [3.63, 3.8) is 0 Å². The van der Waals surface area contributed by atoms with Crippen LogP contribution in [0.3, 0.4) is 0 Å². The molecule has 0 aliphatic rings. The molecule has 11 aromatic rings. The quantitative estimate of drug-likeness (QED) is 0.208. The first-order chi connectivity index (χ1) is 24.3. The summed E-state index contributed by atoms with van der Waals surface area (Å²) < 4.78 is 4.77. The largest absolute Gasteiger partial charge is 0.355 e. The molecule has 0 amide bonds. The molecule has 0 spiro atoms. The lowest BCUT2D eigenvalue weighted by molar-refractivity contribution is 1.01. The van der Waals surface area contributed by atoms with Crippen molar-refractivity contribution in [3.8, 4) is 28.3 Å². The van der Waals surface area contributed by atoms with Crippen LogP contribution in [0.15, 0.2) is 152 Å². The first-order valence-electron chi connectivity index (χ1n) is 16.5. The van der Waals surface area contributed by atoms with Gasteiger partial charge in [-0.25, -0.2) is 9.97 Å². The third-order valence-corrected chi connectivity index (χ3v) is 11.1. The van der Waals surface area contributed by atoms with Crippen molar-refractivity contribution in [2.75, 3.05) is 0 Å². The average Bonchev–Trinajstić information content (AvgIpc) is 3.83. The van der Waals surface area contributed by atoms with Crippen LogP contribution in [0.1, 0.15) is 0 Å². The Hall–Kier alpha value is -6.30. The van der Waals surface area contributed by atoms with Crippen LogP contribution in [0.5, 0.6) is 0 Å². The number of nitrogens with one attached hydrogen (secondary N) is 1. The van der Waals surface area contributed by atoms with Crippen molar-refractivity contribution in [2.24, 2.45) is 0 Å². The second-order valence-corrected chi connectivity index (χ2v) is 13.8. The maximum Gasteiger partial charge on any atom is 0.235 e. The predicted octanol–water partition coefficient (Wildman–Crippen LogP) is 12.1. The lowest BCUT2D eigenvalue weighted by Crippen LogP contribution is -2.03. The highest BCUT2D eigenvalue weighted by molar-refractivity contribution is 7.26. The molecular weight excluding hydrogens is 617 g/mol. The van der Waals surface area contributed by atoms with Gasteiger partial charge in [0.05, 0.1) is 22.2 Å². The van der Waals surface area contributed by atoms with Crippen LogP contribution in [-0.2, 0) is 0 Å². The summed E-state index contributed by atoms with van der Waals surface area (Å²) in [5, 5.41) is 8.39. The number of thiophene rings is 1. The molecule has 11 rings (SSSR count). The topological polar surface area (TPSA) is 46.5 Å². The summed E-state index contributed by atoms with van der Waals surface area (Å²) in [7, 11) is 0. The smallest absolute Gasteiger partial charge is 0.235 e. The molecule has 0 bridgehead atoms. The van der Waals surface area contributed by atoms with Crippen molar-refractivity contribution in [1.82, 2.24) is 19.5 Å². The van der Waals surface area contributed by atoms with Crippen LogP contribution in [0.4, 0.5) is 0 Å². The van der Waals surface area contributed by atoms with Crippen molar-refractivity contribution >= 4 is 86.0 Å². The predicted molar refractivity (Wildman–Crippen MR) is 207 cm³/mol. The summed E-state index contributed by atoms with van der Waals surface area (Å²) >= 11 is 1.82. The van der Waals surface area contributed by atoms with E-state index in [0.717, 1.165) is 49.8 Å². The number of rotatable bonds is 3. The van der Waals surface area contributed by atoms with Gasteiger partial charge in [0, 0.05) is 63.7 Å². The summed E-state index contributed by atoms with van der Waals surface area (Å²) in [4.78, 5) is 14.4. The van der Waals surface area contributed by atoms with Gasteiger partial charge < -0.3 is 4.98 Å². The standard InChI is InChI=1S/C44H26N4S/c1-2-10-26(11-3-1)43-42-36(22-23-40-41(42)32-14-6-9-17-39(32)49-40)46-44(47-43)48-37-16-8-5-13-30(37)31-20-18-28(25-38(31)48)27-19-21-35-33(24-27)29-12-4-7-15-34(29)45-35/h1-25,45H. The Bertz CT molecular complexity index is 3110. The third kappa shape index (κ3) is 3.91. The summed E-state index contributed by atoms with van der Waals surface area (Å²) in [6.07, 6.45) is 0. The molecule has 228 valence electrons. The Labute approximate surface area is 284 Å². The van der Waals surface area contributed by atoms with E-state index in [1.165, 1.54) is 47.3 Å². The highest BCUT2D eigenvalue weighted by atomic mass is 32.1. The van der Waals surface area contributed by atoms with E-state index >= 15 is 0 Å². The van der Waals surface area contributed by atoms with Gasteiger partial charge in [0.25, 0.3) is 0 Å². The van der Waals surface area contributed by atoms with Gasteiger partial charge in [-0.15, -0.1) is 11.3 Å². The van der Waals surface area contributed by atoms with Crippen LogP contribution >= 0.6 is 11.3 Å². The Balaban J connectivity index is 1.21. The van der Waals surface area contributed by atoms with Crippen LogP contribution < -0.4 is 0 Å². The van der Waals surface area contributed by atoms with Crippen LogP contribution in [0.2, 0.25) is 0 Å². The SMILES string of the molecule is c1ccc(-c2nc(-n3c4ccccc4c4ccc(-c5ccc6[nH]c7ccccc7c6c5)cc43)nc3ccc4sc5ccccc5c4c23)cc1. The monoisotopic (exact) mass is 642 g/mol. The maximum absolute atomic E-state index is 5.47. The number of benzene rings is 7. The Morgan fingerprint density at radius 1 is 0.449 bits per heavy atom. The maximum atomic E-state index is 5.47. The normalized spacial score (nSPS) is 12.1. The van der Waals surface area contributed by atoms with Gasteiger partial charge in [-0.05, 0) is 59.7 Å². The van der Waals surface area contributed by atoms with Gasteiger partial charge in [0.2, 0.25) is 5.95 Å². The minimum absolute atomic E-state index is 0.667. The van der Waals surface area contributed by atoms with Crippen molar-refractivity contribution in [2.45, 2.75) is 0 Å². The number of para-hydroxylation sites is 2. The van der Waals surface area contributed by atoms with Gasteiger partial charge in [0.15, 0.2) is 0 Å². The minimum Gasteiger partial charge on any atom is -0.355 e. The molecule has 0 radical (unpaired) electrons. The summed E-state index contributed by atoms with van der Waals surface area (Å²) in [5.41, 5.74) is 9.75. The summed E-state index contributed by atoms with van der Waals surface area (Å²) in [5.74, 6) is 0.667. The molecule has 0 saturated heterocycles. The molecule has 49 heavy (non-hydrogen) atoms. The molecular formula is C44H26N4S. The van der Waals surface area contributed by atoms with E-state index in [4.69, 9.17) is 9.97 Å². The second kappa shape index (κ2) is 10.1. The number of hydrogen-bond acceptors (Lipinski definition) is 3. The fourth-order valence-electron chi connectivity index (χ4n) is 7.73. The lowest BCUT2D eigenvalue weighted by atomic mass is 10.0. The number of fused-ring (bicyclic) bond motifs is 11. The van der Waals surface area contributed by atoms with Crippen LogP contribution in [-0.4, -0.2) is 19.5 Å². The molecule has 7 aromatic carbocycles. The summed E-state index contributed by atoms with van der Waals surface area (Å²) in [6, 6.07) is 54.2. The summed E-state index contributed by atoms with van der Waals surface area (Å²) in [6.45, 7) is 0. The van der Waals surface area contributed by atoms with Gasteiger partial charge >= 0.3 is 0 Å². The van der Waals surface area contributed by atoms with Gasteiger partial charge in [-0.3, -0.25) is 4.57 Å². The molecule has 0 atom stereocenters. The highest BCUT2D eigenvalue weighted by Gasteiger charge is 2.20. The molecule has 1 N–H and O–H groups in total.